The van der Waals surface area contributed by atoms with Crippen LogP contribution in [0.25, 0.3) is 0 Å². The maximum absolute atomic E-state index is 11.3. The van der Waals surface area contributed by atoms with Gasteiger partial charge in [0.1, 0.15) is 5.41 Å². The minimum absolute atomic E-state index is 0.162. The molecule has 0 unspecified atom stereocenters. The van der Waals surface area contributed by atoms with Crippen LogP contribution in [-0.2, 0) is 4.79 Å². The second-order valence-electron chi connectivity index (χ2n) is 3.95. The highest BCUT2D eigenvalue weighted by atomic mass is 16.4. The number of amides is 2. The molecule has 16 heavy (non-hydrogen) atoms. The van der Waals surface area contributed by atoms with E-state index in [1.54, 1.807) is 6.92 Å². The number of hydrogen-bond acceptors (Lipinski definition) is 2. The summed E-state index contributed by atoms with van der Waals surface area (Å²) in [5, 5.41) is 11.5. The SMILES string of the molecule is CC.CCCNC(=O)N1CC(C)(C(=O)O)C1. The van der Waals surface area contributed by atoms with Gasteiger partial charge in [0.15, 0.2) is 0 Å². The molecule has 1 aliphatic rings. The van der Waals surface area contributed by atoms with Gasteiger partial charge in [0.2, 0.25) is 0 Å². The highest BCUT2D eigenvalue weighted by Gasteiger charge is 2.47. The summed E-state index contributed by atoms with van der Waals surface area (Å²) in [6, 6.07) is -0.162. The first-order chi connectivity index (χ1) is 7.49. The number of urea groups is 1. The molecule has 0 spiro atoms. The number of carbonyl (C=O) groups is 2. The number of likely N-dealkylation sites (tertiary alicyclic amines) is 1. The molecule has 2 N–H and O–H groups in total. The first kappa shape index (κ1) is 14.7. The van der Waals surface area contributed by atoms with Crippen molar-refractivity contribution in [3.05, 3.63) is 0 Å². The summed E-state index contributed by atoms with van der Waals surface area (Å²) in [7, 11) is 0. The van der Waals surface area contributed by atoms with E-state index in [1.807, 2.05) is 20.8 Å². The van der Waals surface area contributed by atoms with Crippen molar-refractivity contribution in [2.75, 3.05) is 19.6 Å². The van der Waals surface area contributed by atoms with Gasteiger partial charge >= 0.3 is 12.0 Å². The zero-order chi connectivity index (χ0) is 12.8. The summed E-state index contributed by atoms with van der Waals surface area (Å²) >= 11 is 0. The molecule has 0 atom stereocenters. The van der Waals surface area contributed by atoms with Crippen molar-refractivity contribution in [1.82, 2.24) is 10.2 Å². The Bertz CT molecular complexity index is 248. The zero-order valence-corrected chi connectivity index (χ0v) is 10.5. The predicted octanol–water partition coefficient (Wildman–Crippen LogP) is 1.54. The molecule has 1 fully saturated rings. The molecule has 1 heterocycles. The fourth-order valence-electron chi connectivity index (χ4n) is 1.42. The number of hydrogen-bond donors (Lipinski definition) is 2. The molecule has 2 amide bonds. The lowest BCUT2D eigenvalue weighted by Gasteiger charge is -2.44. The van der Waals surface area contributed by atoms with Crippen molar-refractivity contribution in [1.29, 1.82) is 0 Å². The summed E-state index contributed by atoms with van der Waals surface area (Å²) in [4.78, 5) is 23.6. The molecule has 0 bridgehead atoms. The summed E-state index contributed by atoms with van der Waals surface area (Å²) in [5.74, 6) is -0.836. The molecule has 0 radical (unpaired) electrons. The Morgan fingerprint density at radius 2 is 1.88 bits per heavy atom. The van der Waals surface area contributed by atoms with Crippen molar-refractivity contribution in [2.24, 2.45) is 5.41 Å². The van der Waals surface area contributed by atoms with E-state index in [4.69, 9.17) is 5.11 Å². The second-order valence-corrected chi connectivity index (χ2v) is 3.95. The lowest BCUT2D eigenvalue weighted by molar-refractivity contribution is -0.155. The number of carboxylic acids is 1. The Balaban J connectivity index is 0.00000106. The van der Waals surface area contributed by atoms with E-state index < -0.39 is 11.4 Å². The van der Waals surface area contributed by atoms with Crippen LogP contribution in [0.5, 0.6) is 0 Å². The Hall–Kier alpha value is -1.26. The normalized spacial score (nSPS) is 16.6. The second kappa shape index (κ2) is 6.35. The summed E-state index contributed by atoms with van der Waals surface area (Å²) < 4.78 is 0. The van der Waals surface area contributed by atoms with Crippen LogP contribution >= 0.6 is 0 Å². The number of nitrogens with zero attached hydrogens (tertiary/aromatic N) is 1. The van der Waals surface area contributed by atoms with Crippen LogP contribution in [0.4, 0.5) is 4.79 Å². The molecule has 5 nitrogen and oxygen atoms in total. The summed E-state index contributed by atoms with van der Waals surface area (Å²) in [6.07, 6.45) is 0.885. The fourth-order valence-corrected chi connectivity index (χ4v) is 1.42. The van der Waals surface area contributed by atoms with Gasteiger partial charge in [0, 0.05) is 19.6 Å². The quantitative estimate of drug-likeness (QED) is 0.772. The monoisotopic (exact) mass is 230 g/mol. The Kier molecular flexibility index (Phi) is 5.85. The molecule has 0 aromatic rings. The maximum Gasteiger partial charge on any atom is 0.317 e. The van der Waals surface area contributed by atoms with E-state index >= 15 is 0 Å². The van der Waals surface area contributed by atoms with E-state index in [0.717, 1.165) is 6.42 Å². The van der Waals surface area contributed by atoms with Crippen LogP contribution in [0, 0.1) is 5.41 Å². The molecule has 94 valence electrons. The number of carbonyl (C=O) groups excluding carboxylic acids is 1. The molecule has 0 saturated carbocycles. The Labute approximate surface area is 96.8 Å². The largest absolute Gasteiger partial charge is 0.481 e. The molecular formula is C11H22N2O3. The third kappa shape index (κ3) is 3.40. The predicted molar refractivity (Wildman–Crippen MR) is 62.4 cm³/mol. The van der Waals surface area contributed by atoms with Crippen molar-refractivity contribution < 1.29 is 14.7 Å². The molecule has 5 heteroatoms. The fraction of sp³-hybridized carbons (Fsp3) is 0.818. The summed E-state index contributed by atoms with van der Waals surface area (Å²) in [6.45, 7) is 8.87. The smallest absolute Gasteiger partial charge is 0.317 e. The molecule has 0 aromatic heterocycles. The van der Waals surface area contributed by atoms with Gasteiger partial charge in [-0.15, -0.1) is 0 Å². The van der Waals surface area contributed by atoms with E-state index in [9.17, 15) is 9.59 Å². The third-order valence-corrected chi connectivity index (χ3v) is 2.41. The van der Waals surface area contributed by atoms with Gasteiger partial charge in [-0.05, 0) is 13.3 Å². The van der Waals surface area contributed by atoms with E-state index in [0.29, 0.717) is 19.6 Å². The Morgan fingerprint density at radius 3 is 2.25 bits per heavy atom. The molecule has 1 rings (SSSR count). The van der Waals surface area contributed by atoms with Crippen LogP contribution in [0.3, 0.4) is 0 Å². The van der Waals surface area contributed by atoms with Crippen molar-refractivity contribution in [3.8, 4) is 0 Å². The Morgan fingerprint density at radius 1 is 1.38 bits per heavy atom. The highest BCUT2D eigenvalue weighted by Crippen LogP contribution is 2.29. The maximum atomic E-state index is 11.3. The van der Waals surface area contributed by atoms with Crippen molar-refractivity contribution >= 4 is 12.0 Å². The molecule has 0 aromatic carbocycles. The van der Waals surface area contributed by atoms with Crippen LogP contribution < -0.4 is 5.32 Å². The number of aliphatic carboxylic acids is 1. The molecule has 1 aliphatic heterocycles. The van der Waals surface area contributed by atoms with E-state index in [-0.39, 0.29) is 6.03 Å². The van der Waals surface area contributed by atoms with Crippen LogP contribution in [0.2, 0.25) is 0 Å². The minimum atomic E-state index is -0.836. The standard InChI is InChI=1S/C9H16N2O3.C2H6/c1-3-4-10-8(14)11-5-9(2,6-11)7(12)13;1-2/h3-6H2,1-2H3,(H,10,14)(H,12,13);1-2H3. The number of nitrogens with one attached hydrogen (secondary N) is 1. The lowest BCUT2D eigenvalue weighted by Crippen LogP contribution is -2.62. The first-order valence-corrected chi connectivity index (χ1v) is 5.76. The number of rotatable bonds is 3. The minimum Gasteiger partial charge on any atom is -0.481 e. The third-order valence-electron chi connectivity index (χ3n) is 2.41. The van der Waals surface area contributed by atoms with Gasteiger partial charge in [-0.2, -0.15) is 0 Å². The topological polar surface area (TPSA) is 69.6 Å². The van der Waals surface area contributed by atoms with Crippen LogP contribution in [-0.4, -0.2) is 41.6 Å². The molecule has 0 aliphatic carbocycles. The van der Waals surface area contributed by atoms with Gasteiger partial charge in [-0.25, -0.2) is 4.79 Å². The van der Waals surface area contributed by atoms with Gasteiger partial charge in [-0.3, -0.25) is 4.79 Å². The van der Waals surface area contributed by atoms with Crippen LogP contribution in [0.1, 0.15) is 34.1 Å². The van der Waals surface area contributed by atoms with Crippen LogP contribution in [0.15, 0.2) is 0 Å². The van der Waals surface area contributed by atoms with Gasteiger partial charge < -0.3 is 15.3 Å². The molecular weight excluding hydrogens is 208 g/mol. The van der Waals surface area contributed by atoms with Crippen molar-refractivity contribution in [3.63, 3.8) is 0 Å². The van der Waals surface area contributed by atoms with Gasteiger partial charge in [0.05, 0.1) is 0 Å². The number of carboxylic acid groups (broad SMARTS) is 1. The van der Waals surface area contributed by atoms with E-state index in [2.05, 4.69) is 5.32 Å². The summed E-state index contributed by atoms with van der Waals surface area (Å²) in [5.41, 5.74) is -0.746. The van der Waals surface area contributed by atoms with Gasteiger partial charge in [-0.1, -0.05) is 20.8 Å². The lowest BCUT2D eigenvalue weighted by atomic mass is 9.82. The van der Waals surface area contributed by atoms with Gasteiger partial charge in [0.25, 0.3) is 0 Å². The highest BCUT2D eigenvalue weighted by molar-refractivity contribution is 5.82. The van der Waals surface area contributed by atoms with Crippen molar-refractivity contribution in [2.45, 2.75) is 34.1 Å². The zero-order valence-electron chi connectivity index (χ0n) is 10.5. The average Bonchev–Trinajstić information content (AvgIpc) is 2.24. The first-order valence-electron chi connectivity index (χ1n) is 5.76. The van der Waals surface area contributed by atoms with E-state index in [1.165, 1.54) is 4.90 Å². The average molecular weight is 230 g/mol. The molecule has 1 saturated heterocycles.